The molecule has 2 heterocycles. The predicted octanol–water partition coefficient (Wildman–Crippen LogP) is 0.956. The Kier molecular flexibility index (Phi) is 1.38. The van der Waals surface area contributed by atoms with Crippen molar-refractivity contribution in [3.63, 3.8) is 0 Å². The molecule has 0 radical (unpaired) electrons. The minimum atomic E-state index is 0.170. The minimum absolute atomic E-state index is 0.170. The van der Waals surface area contributed by atoms with E-state index in [1.54, 1.807) is 0 Å². The summed E-state index contributed by atoms with van der Waals surface area (Å²) in [4.78, 5) is 2.50. The Bertz CT molecular complexity index is 206. The summed E-state index contributed by atoms with van der Waals surface area (Å²) in [6.45, 7) is 9.02. The molecule has 2 aliphatic heterocycles. The molecule has 2 nitrogen and oxygen atoms in total. The van der Waals surface area contributed by atoms with Gasteiger partial charge < -0.3 is 0 Å². The summed E-state index contributed by atoms with van der Waals surface area (Å²) in [7, 11) is 0. The number of nitrogens with zero attached hydrogens (tertiary/aromatic N) is 1. The van der Waals surface area contributed by atoms with E-state index in [1.165, 1.54) is 18.7 Å². The highest BCUT2D eigenvalue weighted by atomic mass is 15.5. The summed E-state index contributed by atoms with van der Waals surface area (Å²) in [5, 5.41) is 3.51. The second-order valence-corrected chi connectivity index (χ2v) is 4.06. The first-order valence-corrected chi connectivity index (χ1v) is 4.30. The number of allylic oxidation sites excluding steroid dienone is 1. The van der Waals surface area contributed by atoms with E-state index in [-0.39, 0.29) is 5.66 Å². The fourth-order valence-corrected chi connectivity index (χ4v) is 2.05. The third-order valence-electron chi connectivity index (χ3n) is 2.58. The van der Waals surface area contributed by atoms with Crippen LogP contribution in [0.2, 0.25) is 0 Å². The Morgan fingerprint density at radius 1 is 1.64 bits per heavy atom. The van der Waals surface area contributed by atoms with Crippen molar-refractivity contribution in [2.24, 2.45) is 0 Å². The van der Waals surface area contributed by atoms with Crippen molar-refractivity contribution >= 4 is 0 Å². The van der Waals surface area contributed by atoms with Crippen LogP contribution < -0.4 is 5.32 Å². The van der Waals surface area contributed by atoms with Crippen LogP contribution in [0.1, 0.15) is 20.8 Å². The lowest BCUT2D eigenvalue weighted by atomic mass is 10.1. The minimum Gasteiger partial charge on any atom is -0.294 e. The van der Waals surface area contributed by atoms with Crippen molar-refractivity contribution < 1.29 is 0 Å². The molecule has 2 rings (SSSR count). The number of hydrogen-bond acceptors (Lipinski definition) is 2. The van der Waals surface area contributed by atoms with Crippen molar-refractivity contribution in [3.8, 4) is 0 Å². The van der Waals surface area contributed by atoms with Gasteiger partial charge in [0, 0.05) is 19.1 Å². The van der Waals surface area contributed by atoms with Gasteiger partial charge in [-0.3, -0.25) is 10.2 Å². The van der Waals surface area contributed by atoms with Crippen LogP contribution in [-0.4, -0.2) is 29.7 Å². The maximum atomic E-state index is 3.51. The zero-order valence-corrected chi connectivity index (χ0v) is 7.52. The molecule has 0 spiro atoms. The van der Waals surface area contributed by atoms with Crippen molar-refractivity contribution in [3.05, 3.63) is 11.6 Å². The SMILES string of the molecule is CC(C)=C[C@]1(C)NC[C@H]2CN21. The summed E-state index contributed by atoms with van der Waals surface area (Å²) in [6, 6.07) is 0.829. The van der Waals surface area contributed by atoms with Crippen LogP contribution in [0.4, 0.5) is 0 Å². The first-order valence-electron chi connectivity index (χ1n) is 4.30. The molecule has 0 saturated carbocycles. The molecule has 0 aromatic heterocycles. The lowest BCUT2D eigenvalue weighted by Crippen LogP contribution is -2.42. The lowest BCUT2D eigenvalue weighted by Gasteiger charge is -2.24. The van der Waals surface area contributed by atoms with Crippen LogP contribution >= 0.6 is 0 Å². The second-order valence-electron chi connectivity index (χ2n) is 4.06. The van der Waals surface area contributed by atoms with Gasteiger partial charge in [-0.05, 0) is 20.8 Å². The van der Waals surface area contributed by atoms with E-state index in [1.807, 2.05) is 0 Å². The Morgan fingerprint density at radius 2 is 2.36 bits per heavy atom. The first kappa shape index (κ1) is 7.32. The average Bonchev–Trinajstić information content (AvgIpc) is 2.55. The zero-order chi connectivity index (χ0) is 8.06. The molecule has 2 aliphatic rings. The highest BCUT2D eigenvalue weighted by molar-refractivity contribution is 5.19. The highest BCUT2D eigenvalue weighted by Crippen LogP contribution is 2.34. The molecule has 2 saturated heterocycles. The van der Waals surface area contributed by atoms with Crippen molar-refractivity contribution in [2.75, 3.05) is 13.1 Å². The van der Waals surface area contributed by atoms with Gasteiger partial charge in [-0.25, -0.2) is 0 Å². The van der Waals surface area contributed by atoms with E-state index in [0.717, 1.165) is 6.04 Å². The largest absolute Gasteiger partial charge is 0.294 e. The van der Waals surface area contributed by atoms with Gasteiger partial charge in [0.15, 0.2) is 0 Å². The van der Waals surface area contributed by atoms with Gasteiger partial charge in [-0.15, -0.1) is 0 Å². The van der Waals surface area contributed by atoms with Gasteiger partial charge >= 0.3 is 0 Å². The van der Waals surface area contributed by atoms with Crippen LogP contribution in [0.25, 0.3) is 0 Å². The fraction of sp³-hybridized carbons (Fsp3) is 0.778. The van der Waals surface area contributed by atoms with Crippen LogP contribution in [0.5, 0.6) is 0 Å². The molecule has 0 amide bonds. The zero-order valence-electron chi connectivity index (χ0n) is 7.52. The molecule has 11 heavy (non-hydrogen) atoms. The van der Waals surface area contributed by atoms with Crippen molar-refractivity contribution in [1.82, 2.24) is 10.2 Å². The van der Waals surface area contributed by atoms with Crippen LogP contribution in [-0.2, 0) is 0 Å². The summed E-state index contributed by atoms with van der Waals surface area (Å²) in [5.74, 6) is 0. The van der Waals surface area contributed by atoms with E-state index >= 15 is 0 Å². The molecule has 1 unspecified atom stereocenters. The number of rotatable bonds is 1. The topological polar surface area (TPSA) is 15.0 Å². The van der Waals surface area contributed by atoms with E-state index in [4.69, 9.17) is 0 Å². The summed E-state index contributed by atoms with van der Waals surface area (Å²) in [5.41, 5.74) is 1.57. The maximum absolute atomic E-state index is 3.51. The van der Waals surface area contributed by atoms with Crippen molar-refractivity contribution in [1.29, 1.82) is 0 Å². The number of fused-ring (bicyclic) bond motifs is 1. The molecule has 3 atom stereocenters. The maximum Gasteiger partial charge on any atom is 0.0881 e. The summed E-state index contributed by atoms with van der Waals surface area (Å²) >= 11 is 0. The molecule has 2 fully saturated rings. The Morgan fingerprint density at radius 3 is 2.73 bits per heavy atom. The molecular weight excluding hydrogens is 136 g/mol. The molecule has 1 N–H and O–H groups in total. The standard InChI is InChI=1S/C9H16N2/c1-7(2)4-9(3)10-5-8-6-11(8)9/h4,8,10H,5-6H2,1-3H3/t8-,9+,11?/m0/s1. The fourth-order valence-electron chi connectivity index (χ4n) is 2.05. The molecule has 0 bridgehead atoms. The molecular formula is C9H16N2. The third-order valence-corrected chi connectivity index (χ3v) is 2.58. The number of nitrogens with one attached hydrogen (secondary N) is 1. The molecule has 0 aromatic rings. The van der Waals surface area contributed by atoms with E-state index in [9.17, 15) is 0 Å². The van der Waals surface area contributed by atoms with E-state index < -0.39 is 0 Å². The van der Waals surface area contributed by atoms with Gasteiger partial charge in [0.1, 0.15) is 0 Å². The van der Waals surface area contributed by atoms with E-state index in [2.05, 4.69) is 37.1 Å². The first-order chi connectivity index (χ1) is 5.12. The number of hydrogen-bond donors (Lipinski definition) is 1. The van der Waals surface area contributed by atoms with Gasteiger partial charge in [-0.1, -0.05) is 11.6 Å². The van der Waals surface area contributed by atoms with Gasteiger partial charge in [0.25, 0.3) is 0 Å². The van der Waals surface area contributed by atoms with Crippen LogP contribution in [0, 0.1) is 0 Å². The molecule has 2 heteroatoms. The molecule has 62 valence electrons. The third kappa shape index (κ3) is 1.10. The van der Waals surface area contributed by atoms with E-state index in [0.29, 0.717) is 0 Å². The molecule has 0 aliphatic carbocycles. The second kappa shape index (κ2) is 2.08. The predicted molar refractivity (Wildman–Crippen MR) is 46.3 cm³/mol. The quantitative estimate of drug-likeness (QED) is 0.444. The Balaban J connectivity index is 2.15. The monoisotopic (exact) mass is 152 g/mol. The summed E-state index contributed by atoms with van der Waals surface area (Å²) in [6.07, 6.45) is 2.32. The molecule has 0 aromatic carbocycles. The van der Waals surface area contributed by atoms with Crippen LogP contribution in [0.3, 0.4) is 0 Å². The summed E-state index contributed by atoms with van der Waals surface area (Å²) < 4.78 is 0. The lowest BCUT2D eigenvalue weighted by molar-refractivity contribution is 0.310. The van der Waals surface area contributed by atoms with Gasteiger partial charge in [0.2, 0.25) is 0 Å². The Hall–Kier alpha value is -0.340. The van der Waals surface area contributed by atoms with Crippen LogP contribution in [0.15, 0.2) is 11.6 Å². The average molecular weight is 152 g/mol. The smallest absolute Gasteiger partial charge is 0.0881 e. The van der Waals surface area contributed by atoms with Gasteiger partial charge in [0.05, 0.1) is 5.66 Å². The van der Waals surface area contributed by atoms with Gasteiger partial charge in [-0.2, -0.15) is 0 Å². The van der Waals surface area contributed by atoms with Crippen molar-refractivity contribution in [2.45, 2.75) is 32.5 Å². The Labute approximate surface area is 68.3 Å². The highest BCUT2D eigenvalue weighted by Gasteiger charge is 2.51. The normalized spacial score (nSPS) is 46.8.